The molecule has 2 amide bonds. The molecule has 0 unspecified atom stereocenters. The highest BCUT2D eigenvalue weighted by atomic mass is 16.6. The average Bonchev–Trinajstić information content (AvgIpc) is 2.67. The Morgan fingerprint density at radius 3 is 2.29 bits per heavy atom. The predicted octanol–water partition coefficient (Wildman–Crippen LogP) is 4.00. The Labute approximate surface area is 184 Å². The maximum absolute atomic E-state index is 13.2. The van der Waals surface area contributed by atoms with Gasteiger partial charge in [-0.3, -0.25) is 14.7 Å². The molecule has 0 bridgehead atoms. The van der Waals surface area contributed by atoms with Crippen molar-refractivity contribution >= 4 is 12.0 Å². The lowest BCUT2D eigenvalue weighted by Crippen LogP contribution is -2.59. The number of benzene rings is 1. The molecule has 0 aliphatic heterocycles. The van der Waals surface area contributed by atoms with E-state index in [4.69, 9.17) is 4.74 Å². The Hall–Kier alpha value is -3.09. The number of aryl methyl sites for hydroxylation is 2. The number of carbonyl (C=O) groups is 2. The van der Waals surface area contributed by atoms with Gasteiger partial charge < -0.3 is 15.2 Å². The summed E-state index contributed by atoms with van der Waals surface area (Å²) in [5.74, 6) is 0.712. The van der Waals surface area contributed by atoms with Crippen LogP contribution in [0.1, 0.15) is 44.1 Å². The molecule has 2 N–H and O–H groups in total. The minimum atomic E-state index is -1.19. The number of rotatable bonds is 8. The molecule has 0 aliphatic rings. The van der Waals surface area contributed by atoms with Gasteiger partial charge in [0.15, 0.2) is 0 Å². The second kappa shape index (κ2) is 10.3. The first-order valence-electron chi connectivity index (χ1n) is 10.5. The molecule has 1 heterocycles. The summed E-state index contributed by atoms with van der Waals surface area (Å²) in [6.45, 7) is 10.1. The van der Waals surface area contributed by atoms with Gasteiger partial charge in [0, 0.05) is 43.5 Å². The zero-order chi connectivity index (χ0) is 23.2. The van der Waals surface area contributed by atoms with E-state index < -0.39 is 11.6 Å². The number of nitrogens with zero attached hydrogens (tertiary/aromatic N) is 2. The van der Waals surface area contributed by atoms with E-state index in [1.54, 1.807) is 50.4 Å². The highest BCUT2D eigenvalue weighted by Gasteiger charge is 2.41. The second-order valence-corrected chi connectivity index (χ2v) is 8.57. The molecule has 2 rings (SSSR count). The number of hydrogen-bond acceptors (Lipinski definition) is 5. The molecule has 1 aromatic carbocycles. The van der Waals surface area contributed by atoms with Gasteiger partial charge in [-0.15, -0.1) is 0 Å². The first-order valence-corrected chi connectivity index (χ1v) is 10.5. The van der Waals surface area contributed by atoms with E-state index in [2.05, 4.69) is 24.1 Å². The highest BCUT2D eigenvalue weighted by Crippen LogP contribution is 2.24. The van der Waals surface area contributed by atoms with Gasteiger partial charge in [-0.25, -0.2) is 4.79 Å². The lowest BCUT2D eigenvalue weighted by atomic mass is 9.90. The minimum Gasteiger partial charge on any atom is -0.508 e. The van der Waals surface area contributed by atoms with Crippen LogP contribution >= 0.6 is 0 Å². The van der Waals surface area contributed by atoms with Crippen molar-refractivity contribution in [2.75, 3.05) is 13.6 Å². The number of ether oxygens (including phenoxy) is 1. The van der Waals surface area contributed by atoms with E-state index >= 15 is 0 Å². The van der Waals surface area contributed by atoms with Gasteiger partial charge in [-0.1, -0.05) is 26.0 Å². The van der Waals surface area contributed by atoms with Crippen molar-refractivity contribution in [3.63, 3.8) is 0 Å². The van der Waals surface area contributed by atoms with Crippen molar-refractivity contribution in [3.05, 3.63) is 53.3 Å². The molecule has 0 radical (unpaired) electrons. The van der Waals surface area contributed by atoms with Crippen molar-refractivity contribution in [1.29, 1.82) is 0 Å². The third-order valence-corrected chi connectivity index (χ3v) is 5.26. The zero-order valence-electron chi connectivity index (χ0n) is 19.2. The average molecular weight is 428 g/mol. The van der Waals surface area contributed by atoms with E-state index in [0.717, 1.165) is 23.4 Å². The summed E-state index contributed by atoms with van der Waals surface area (Å²) in [6, 6.07) is 9.96. The third kappa shape index (κ3) is 6.70. The van der Waals surface area contributed by atoms with Crippen LogP contribution in [0.5, 0.6) is 11.5 Å². The molecule has 31 heavy (non-hydrogen) atoms. The molecule has 168 valence electrons. The molecule has 7 heteroatoms. The number of carbonyl (C=O) groups excluding carboxylic acids is 2. The standard InChI is InChI=1S/C24H33N3O4/c1-16(2)11-12-25-22(29)24(5,15-19-7-9-20(28)10-8-19)27(6)23(30)31-21-13-17(3)26-18(4)14-21/h7-10,13-14,16,28H,11-12,15H2,1-6H3,(H,25,29)/t24-/m0/s1. The van der Waals surface area contributed by atoms with Crippen LogP contribution in [0, 0.1) is 19.8 Å². The molecule has 1 aromatic heterocycles. The number of aromatic nitrogens is 1. The smallest absolute Gasteiger partial charge is 0.415 e. The normalized spacial score (nSPS) is 12.9. The molecule has 1 atom stereocenters. The summed E-state index contributed by atoms with van der Waals surface area (Å²) in [5, 5.41) is 12.5. The number of pyridine rings is 1. The Balaban J connectivity index is 2.26. The maximum atomic E-state index is 13.2. The monoisotopic (exact) mass is 427 g/mol. The first-order chi connectivity index (χ1) is 14.5. The van der Waals surface area contributed by atoms with Gasteiger partial charge >= 0.3 is 6.09 Å². The summed E-state index contributed by atoms with van der Waals surface area (Å²) >= 11 is 0. The fraction of sp³-hybridized carbons (Fsp3) is 0.458. The number of nitrogens with one attached hydrogen (secondary N) is 1. The Kier molecular flexibility index (Phi) is 8.02. The van der Waals surface area contributed by atoms with E-state index in [-0.39, 0.29) is 18.1 Å². The van der Waals surface area contributed by atoms with Crippen LogP contribution in [0.15, 0.2) is 36.4 Å². The van der Waals surface area contributed by atoms with Gasteiger partial charge in [-0.2, -0.15) is 0 Å². The van der Waals surface area contributed by atoms with Crippen LogP contribution in [0.25, 0.3) is 0 Å². The third-order valence-electron chi connectivity index (χ3n) is 5.26. The first kappa shape index (κ1) is 24.2. The number of amides is 2. The molecule has 2 aromatic rings. The van der Waals surface area contributed by atoms with Crippen LogP contribution in [-0.2, 0) is 11.2 Å². The lowest BCUT2D eigenvalue weighted by Gasteiger charge is -2.37. The van der Waals surface area contributed by atoms with E-state index in [1.165, 1.54) is 4.90 Å². The van der Waals surface area contributed by atoms with Gasteiger partial charge in [0.2, 0.25) is 5.91 Å². The summed E-state index contributed by atoms with van der Waals surface area (Å²) in [7, 11) is 1.56. The molecule has 0 saturated heterocycles. The topological polar surface area (TPSA) is 91.8 Å². The number of hydrogen-bond donors (Lipinski definition) is 2. The lowest BCUT2D eigenvalue weighted by molar-refractivity contribution is -0.130. The molecule has 0 spiro atoms. The molecular weight excluding hydrogens is 394 g/mol. The van der Waals surface area contributed by atoms with E-state index in [9.17, 15) is 14.7 Å². The van der Waals surface area contributed by atoms with Crippen LogP contribution in [0.2, 0.25) is 0 Å². The van der Waals surface area contributed by atoms with Crippen molar-refractivity contribution in [2.24, 2.45) is 5.92 Å². The number of likely N-dealkylation sites (N-methyl/N-ethyl adjacent to an activating group) is 1. The van der Waals surface area contributed by atoms with Crippen molar-refractivity contribution in [3.8, 4) is 11.5 Å². The minimum absolute atomic E-state index is 0.142. The molecule has 0 saturated carbocycles. The fourth-order valence-corrected chi connectivity index (χ4v) is 3.25. The zero-order valence-corrected chi connectivity index (χ0v) is 19.2. The molecule has 0 fully saturated rings. The van der Waals surface area contributed by atoms with Crippen molar-refractivity contribution in [1.82, 2.24) is 15.2 Å². The Morgan fingerprint density at radius 2 is 1.74 bits per heavy atom. The van der Waals surface area contributed by atoms with Gasteiger partial charge in [0.25, 0.3) is 0 Å². The molecule has 0 aliphatic carbocycles. The summed E-state index contributed by atoms with van der Waals surface area (Å²) in [6.07, 6.45) is 0.469. The SMILES string of the molecule is Cc1cc(OC(=O)N(C)[C@@](C)(Cc2ccc(O)cc2)C(=O)NCCC(C)C)cc(C)n1. The second-order valence-electron chi connectivity index (χ2n) is 8.57. The van der Waals surface area contributed by atoms with Gasteiger partial charge in [0.05, 0.1) is 0 Å². The van der Waals surface area contributed by atoms with Crippen LogP contribution < -0.4 is 10.1 Å². The van der Waals surface area contributed by atoms with Gasteiger partial charge in [0.1, 0.15) is 17.0 Å². The largest absolute Gasteiger partial charge is 0.508 e. The number of phenolic OH excluding ortho intramolecular Hbond substituents is 1. The van der Waals surface area contributed by atoms with Crippen LogP contribution in [0.3, 0.4) is 0 Å². The molecule has 7 nitrogen and oxygen atoms in total. The molecular formula is C24H33N3O4. The van der Waals surface area contributed by atoms with Crippen molar-refractivity contribution < 1.29 is 19.4 Å². The maximum Gasteiger partial charge on any atom is 0.415 e. The fourth-order valence-electron chi connectivity index (χ4n) is 3.25. The summed E-state index contributed by atoms with van der Waals surface area (Å²) in [5.41, 5.74) is 1.10. The van der Waals surface area contributed by atoms with E-state index in [1.807, 2.05) is 13.8 Å². The van der Waals surface area contributed by atoms with Crippen LogP contribution in [0.4, 0.5) is 4.79 Å². The van der Waals surface area contributed by atoms with Crippen molar-refractivity contribution in [2.45, 2.75) is 53.0 Å². The van der Waals surface area contributed by atoms with Crippen LogP contribution in [-0.4, -0.2) is 46.1 Å². The quantitative estimate of drug-likeness (QED) is 0.664. The Bertz CT molecular complexity index is 891. The number of phenols is 1. The predicted molar refractivity (Wildman–Crippen MR) is 120 cm³/mol. The van der Waals surface area contributed by atoms with E-state index in [0.29, 0.717) is 18.2 Å². The highest BCUT2D eigenvalue weighted by molar-refractivity contribution is 5.90. The summed E-state index contributed by atoms with van der Waals surface area (Å²) in [4.78, 5) is 31.8. The Morgan fingerprint density at radius 1 is 1.16 bits per heavy atom. The summed E-state index contributed by atoms with van der Waals surface area (Å²) < 4.78 is 5.56. The van der Waals surface area contributed by atoms with Gasteiger partial charge in [-0.05, 0) is 50.8 Å². The number of aromatic hydroxyl groups is 1.